The topological polar surface area (TPSA) is 32.7 Å². The predicted molar refractivity (Wildman–Crippen MR) is 113 cm³/mol. The second kappa shape index (κ2) is 9.00. The first-order valence-electron chi connectivity index (χ1n) is 10.1. The Morgan fingerprint density at radius 2 is 1.88 bits per heavy atom. The van der Waals surface area contributed by atoms with Crippen molar-refractivity contribution in [3.63, 3.8) is 0 Å². The summed E-state index contributed by atoms with van der Waals surface area (Å²) in [5, 5.41) is 10.9. The van der Waals surface area contributed by atoms with E-state index in [1.807, 2.05) is 7.11 Å². The van der Waals surface area contributed by atoms with Crippen LogP contribution < -0.4 is 0 Å². The van der Waals surface area contributed by atoms with Crippen LogP contribution in [0.1, 0.15) is 51.1 Å². The number of nitrogens with zero attached hydrogens (tertiary/aromatic N) is 1. The van der Waals surface area contributed by atoms with E-state index in [4.69, 9.17) is 4.74 Å². The van der Waals surface area contributed by atoms with Crippen molar-refractivity contribution in [2.75, 3.05) is 26.4 Å². The van der Waals surface area contributed by atoms with Crippen molar-refractivity contribution in [3.05, 3.63) is 35.9 Å². The van der Waals surface area contributed by atoms with E-state index in [1.165, 1.54) is 31.1 Å². The van der Waals surface area contributed by atoms with Crippen LogP contribution in [-0.2, 0) is 4.74 Å². The molecule has 1 aromatic rings. The molecule has 0 aromatic heterocycles. The van der Waals surface area contributed by atoms with Crippen molar-refractivity contribution < 1.29 is 9.84 Å². The number of benzene rings is 1. The maximum atomic E-state index is 10.9. The molecular weight excluding hydrogens is 338 g/mol. The second-order valence-electron chi connectivity index (χ2n) is 9.79. The van der Waals surface area contributed by atoms with Gasteiger partial charge in [-0.1, -0.05) is 64.2 Å². The van der Waals surface area contributed by atoms with Crippen molar-refractivity contribution >= 4 is 8.07 Å². The average Bonchev–Trinajstić information content (AvgIpc) is 2.98. The summed E-state index contributed by atoms with van der Waals surface area (Å²) in [5.74, 6) is 0. The van der Waals surface area contributed by atoms with Crippen LogP contribution in [0, 0.1) is 5.41 Å². The summed E-state index contributed by atoms with van der Waals surface area (Å²) >= 11 is 0. The first-order valence-corrected chi connectivity index (χ1v) is 13.4. The van der Waals surface area contributed by atoms with Gasteiger partial charge in [0.1, 0.15) is 0 Å². The first kappa shape index (κ1) is 21.6. The molecule has 0 radical (unpaired) electrons. The van der Waals surface area contributed by atoms with E-state index in [1.54, 1.807) is 0 Å². The molecule has 3 nitrogen and oxygen atoms in total. The van der Waals surface area contributed by atoms with Gasteiger partial charge in [-0.25, -0.2) is 0 Å². The van der Waals surface area contributed by atoms with Crippen molar-refractivity contribution in [3.8, 4) is 0 Å². The third-order valence-corrected chi connectivity index (χ3v) is 9.75. The fourth-order valence-corrected chi connectivity index (χ4v) is 7.93. The Morgan fingerprint density at radius 3 is 2.46 bits per heavy atom. The number of rotatable bonds is 8. The molecule has 0 saturated carbocycles. The van der Waals surface area contributed by atoms with Gasteiger partial charge in [-0.3, -0.25) is 0 Å². The Hall–Kier alpha value is -0.683. The van der Waals surface area contributed by atoms with E-state index in [0.29, 0.717) is 11.6 Å². The van der Waals surface area contributed by atoms with Gasteiger partial charge < -0.3 is 14.7 Å². The molecule has 1 N–H and O–H groups in total. The smallest absolute Gasteiger partial charge is 0.0705 e. The quantitative estimate of drug-likeness (QED) is 0.679. The van der Waals surface area contributed by atoms with Gasteiger partial charge >= 0.3 is 0 Å². The predicted octanol–water partition coefficient (Wildman–Crippen LogP) is 4.46. The number of likely N-dealkylation sites (tertiary alicyclic amines) is 1. The van der Waals surface area contributed by atoms with E-state index in [2.05, 4.69) is 69.1 Å². The normalized spacial score (nSPS) is 21.7. The molecule has 2 rings (SSSR count). The zero-order valence-corrected chi connectivity index (χ0v) is 18.7. The van der Waals surface area contributed by atoms with Gasteiger partial charge in [0.2, 0.25) is 0 Å². The number of hydrogen-bond donors (Lipinski definition) is 1. The fraction of sp³-hybridized carbons (Fsp3) is 0.727. The van der Waals surface area contributed by atoms with Crippen LogP contribution in [-0.4, -0.2) is 56.7 Å². The SMILES string of the molecule is COC[C@@H]1CCCN1C[Si](C)(C)[C@@H](C[C@H](O)C(C)(C)C)c1ccccc1. The monoisotopic (exact) mass is 377 g/mol. The molecular formula is C22H39NO2Si. The highest BCUT2D eigenvalue weighted by Gasteiger charge is 2.40. The van der Waals surface area contributed by atoms with Gasteiger partial charge in [0, 0.05) is 13.2 Å². The Morgan fingerprint density at radius 1 is 1.23 bits per heavy atom. The van der Waals surface area contributed by atoms with Crippen LogP contribution in [0.25, 0.3) is 0 Å². The third kappa shape index (κ3) is 5.65. The molecule has 0 bridgehead atoms. The van der Waals surface area contributed by atoms with Crippen LogP contribution in [0.2, 0.25) is 13.1 Å². The van der Waals surface area contributed by atoms with Gasteiger partial charge in [-0.05, 0) is 48.5 Å². The lowest BCUT2D eigenvalue weighted by Crippen LogP contribution is -2.51. The highest BCUT2D eigenvalue weighted by Crippen LogP contribution is 2.37. The zero-order chi connectivity index (χ0) is 19.4. The Labute approximate surface area is 161 Å². The van der Waals surface area contributed by atoms with Gasteiger partial charge in [0.15, 0.2) is 0 Å². The van der Waals surface area contributed by atoms with Gasteiger partial charge in [-0.15, -0.1) is 0 Å². The summed E-state index contributed by atoms with van der Waals surface area (Å²) in [6.07, 6.45) is 4.28. The molecule has 4 heteroatoms. The summed E-state index contributed by atoms with van der Waals surface area (Å²) in [4.78, 5) is 2.66. The molecule has 1 fully saturated rings. The Bertz CT molecular complexity index is 541. The molecule has 148 valence electrons. The molecule has 1 aromatic carbocycles. The highest BCUT2D eigenvalue weighted by molar-refractivity contribution is 6.79. The van der Waals surface area contributed by atoms with E-state index >= 15 is 0 Å². The van der Waals surface area contributed by atoms with Gasteiger partial charge in [-0.2, -0.15) is 0 Å². The first-order chi connectivity index (χ1) is 12.1. The lowest BCUT2D eigenvalue weighted by atomic mass is 9.85. The van der Waals surface area contributed by atoms with Crippen LogP contribution in [0.4, 0.5) is 0 Å². The standard InChI is InChI=1S/C22H39NO2Si/c1-22(2,3)21(24)15-20(18-11-8-7-9-12-18)26(5,6)17-23-14-10-13-19(23)16-25-4/h7-9,11-12,19-21,24H,10,13-17H2,1-6H3/t19-,20-,21-/m0/s1. The maximum absolute atomic E-state index is 10.9. The van der Waals surface area contributed by atoms with Crippen LogP contribution in [0.3, 0.4) is 0 Å². The van der Waals surface area contributed by atoms with E-state index < -0.39 is 8.07 Å². The molecule has 3 atom stereocenters. The van der Waals surface area contributed by atoms with Crippen molar-refractivity contribution in [2.45, 2.75) is 70.8 Å². The van der Waals surface area contributed by atoms with Gasteiger partial charge in [0.05, 0.1) is 20.8 Å². The Kier molecular flexibility index (Phi) is 7.49. The van der Waals surface area contributed by atoms with E-state index in [9.17, 15) is 5.11 Å². The third-order valence-electron chi connectivity index (χ3n) is 6.07. The molecule has 1 heterocycles. The minimum absolute atomic E-state index is 0.0796. The number of aliphatic hydroxyl groups is 1. The molecule has 1 aliphatic heterocycles. The van der Waals surface area contributed by atoms with Crippen molar-refractivity contribution in [2.24, 2.45) is 5.41 Å². The van der Waals surface area contributed by atoms with Crippen LogP contribution in [0.5, 0.6) is 0 Å². The fourth-order valence-electron chi connectivity index (χ4n) is 4.29. The molecule has 1 saturated heterocycles. The molecule has 26 heavy (non-hydrogen) atoms. The lowest BCUT2D eigenvalue weighted by Gasteiger charge is -2.40. The Balaban J connectivity index is 2.22. The number of hydrogen-bond acceptors (Lipinski definition) is 3. The minimum Gasteiger partial charge on any atom is -0.393 e. The van der Waals surface area contributed by atoms with Crippen LogP contribution >= 0.6 is 0 Å². The molecule has 1 aliphatic rings. The number of methoxy groups -OCH3 is 1. The zero-order valence-electron chi connectivity index (χ0n) is 17.7. The summed E-state index contributed by atoms with van der Waals surface area (Å²) in [6, 6.07) is 11.4. The van der Waals surface area contributed by atoms with E-state index in [0.717, 1.165) is 13.0 Å². The second-order valence-corrected chi connectivity index (χ2v) is 14.8. The average molecular weight is 378 g/mol. The summed E-state index contributed by atoms with van der Waals surface area (Å²) < 4.78 is 5.46. The molecule has 0 amide bonds. The largest absolute Gasteiger partial charge is 0.393 e. The van der Waals surface area contributed by atoms with Crippen molar-refractivity contribution in [1.82, 2.24) is 4.90 Å². The summed E-state index contributed by atoms with van der Waals surface area (Å²) in [6.45, 7) is 13.5. The number of ether oxygens (including phenoxy) is 1. The molecule has 0 unspecified atom stereocenters. The van der Waals surface area contributed by atoms with Crippen LogP contribution in [0.15, 0.2) is 30.3 Å². The lowest BCUT2D eigenvalue weighted by molar-refractivity contribution is 0.0538. The summed E-state index contributed by atoms with van der Waals surface area (Å²) in [7, 11) is 0.170. The highest BCUT2D eigenvalue weighted by atomic mass is 28.3. The minimum atomic E-state index is -1.64. The number of aliphatic hydroxyl groups excluding tert-OH is 1. The van der Waals surface area contributed by atoms with E-state index in [-0.39, 0.29) is 11.5 Å². The summed E-state index contributed by atoms with van der Waals surface area (Å²) in [5.41, 5.74) is 1.78. The van der Waals surface area contributed by atoms with Gasteiger partial charge in [0.25, 0.3) is 0 Å². The van der Waals surface area contributed by atoms with Crippen molar-refractivity contribution in [1.29, 1.82) is 0 Å². The molecule has 0 spiro atoms. The maximum Gasteiger partial charge on any atom is 0.0705 e. The molecule has 0 aliphatic carbocycles.